The molecule has 20 heavy (non-hydrogen) atoms. The molecule has 0 spiro atoms. The summed E-state index contributed by atoms with van der Waals surface area (Å²) in [6.07, 6.45) is 1.95. The number of fused-ring (bicyclic) bond motifs is 1. The summed E-state index contributed by atoms with van der Waals surface area (Å²) in [5, 5.41) is 1.47. The maximum absolute atomic E-state index is 6.25. The molecule has 0 saturated carbocycles. The number of hydrogen-bond donors (Lipinski definition) is 1. The van der Waals surface area contributed by atoms with Gasteiger partial charge in [-0.05, 0) is 18.4 Å². The average molecular weight is 323 g/mol. The monoisotopic (exact) mass is 322 g/mol. The second-order valence-electron chi connectivity index (χ2n) is 4.26. The first-order valence-corrected chi connectivity index (χ1v) is 7.89. The minimum Gasteiger partial charge on any atom is -0.368 e. The van der Waals surface area contributed by atoms with Crippen LogP contribution in [0.2, 0.25) is 5.02 Å². The normalized spacial score (nSPS) is 13.7. The molecule has 1 aliphatic heterocycles. The highest BCUT2D eigenvalue weighted by molar-refractivity contribution is 7.98. The smallest absolute Gasteiger partial charge is 0.221 e. The summed E-state index contributed by atoms with van der Waals surface area (Å²) < 4.78 is 0. The lowest BCUT2D eigenvalue weighted by molar-refractivity contribution is 0.957. The average Bonchev–Trinajstić information content (AvgIpc) is 2.75. The molecule has 2 aromatic rings. The number of rotatable bonds is 2. The first-order chi connectivity index (χ1) is 9.61. The van der Waals surface area contributed by atoms with Crippen LogP contribution in [0.25, 0.3) is 0 Å². The number of halogens is 1. The van der Waals surface area contributed by atoms with Gasteiger partial charge in [-0.15, -0.1) is 11.8 Å². The van der Waals surface area contributed by atoms with Gasteiger partial charge < -0.3 is 10.6 Å². The van der Waals surface area contributed by atoms with Crippen molar-refractivity contribution >= 4 is 52.2 Å². The molecule has 7 heteroatoms. The van der Waals surface area contributed by atoms with Crippen LogP contribution in [0.15, 0.2) is 29.3 Å². The van der Waals surface area contributed by atoms with Gasteiger partial charge in [0, 0.05) is 0 Å². The van der Waals surface area contributed by atoms with Gasteiger partial charge >= 0.3 is 0 Å². The highest BCUT2D eigenvalue weighted by Gasteiger charge is 2.31. The van der Waals surface area contributed by atoms with E-state index in [1.807, 2.05) is 35.4 Å². The predicted octanol–water partition coefficient (Wildman–Crippen LogP) is 3.13. The van der Waals surface area contributed by atoms with Gasteiger partial charge in [0.1, 0.15) is 10.0 Å². The molecule has 1 aliphatic rings. The van der Waals surface area contributed by atoms with Crippen LogP contribution in [0, 0.1) is 0 Å². The number of benzene rings is 1. The molecule has 0 bridgehead atoms. The van der Waals surface area contributed by atoms with E-state index < -0.39 is 0 Å². The molecule has 1 aromatic heterocycles. The van der Waals surface area contributed by atoms with Crippen molar-refractivity contribution in [2.24, 2.45) is 0 Å². The Morgan fingerprint density at radius 3 is 2.80 bits per heavy atom. The number of hydrogen-bond acceptors (Lipinski definition) is 5. The number of nitrogen functional groups attached to an aromatic ring is 1. The van der Waals surface area contributed by atoms with E-state index in [-0.39, 0.29) is 5.95 Å². The number of para-hydroxylation sites is 1. The van der Waals surface area contributed by atoms with Crippen molar-refractivity contribution in [1.82, 2.24) is 9.97 Å². The van der Waals surface area contributed by atoms with Gasteiger partial charge in [0.25, 0.3) is 0 Å². The lowest BCUT2D eigenvalue weighted by atomic mass is 10.3. The van der Waals surface area contributed by atoms with Gasteiger partial charge in [-0.1, -0.05) is 36.0 Å². The summed E-state index contributed by atoms with van der Waals surface area (Å²) in [5.41, 5.74) is 8.36. The zero-order valence-corrected chi connectivity index (χ0v) is 13.0. The summed E-state index contributed by atoms with van der Waals surface area (Å²) in [7, 11) is 0. The largest absolute Gasteiger partial charge is 0.368 e. The van der Waals surface area contributed by atoms with Crippen LogP contribution < -0.4 is 10.6 Å². The van der Waals surface area contributed by atoms with E-state index in [2.05, 4.69) is 9.97 Å². The van der Waals surface area contributed by atoms with Crippen molar-refractivity contribution in [2.75, 3.05) is 16.9 Å². The Morgan fingerprint density at radius 2 is 2.10 bits per heavy atom. The van der Waals surface area contributed by atoms with Crippen LogP contribution in [0.4, 0.5) is 11.6 Å². The molecule has 3 rings (SSSR count). The lowest BCUT2D eigenvalue weighted by Crippen LogP contribution is -2.22. The Bertz CT molecular complexity index is 705. The SMILES string of the molecule is CSc1nc(N)nc2c1C(=S)N(c1ccccc1Cl)C2. The summed E-state index contributed by atoms with van der Waals surface area (Å²) in [4.78, 5) is 11.2. The molecule has 0 fully saturated rings. The molecule has 4 nitrogen and oxygen atoms in total. The van der Waals surface area contributed by atoms with E-state index >= 15 is 0 Å². The van der Waals surface area contributed by atoms with Crippen molar-refractivity contribution in [1.29, 1.82) is 0 Å². The number of nitrogens with zero attached hydrogens (tertiary/aromatic N) is 3. The molecular formula is C13H11ClN4S2. The molecular weight excluding hydrogens is 312 g/mol. The fourth-order valence-corrected chi connectivity index (χ4v) is 3.48. The second-order valence-corrected chi connectivity index (χ2v) is 5.84. The number of anilines is 2. The van der Waals surface area contributed by atoms with Crippen LogP contribution in [-0.2, 0) is 6.54 Å². The van der Waals surface area contributed by atoms with Gasteiger partial charge in [0.05, 0.1) is 28.5 Å². The molecule has 0 unspecified atom stereocenters. The summed E-state index contributed by atoms with van der Waals surface area (Å²) >= 11 is 13.3. The van der Waals surface area contributed by atoms with Crippen LogP contribution in [-0.4, -0.2) is 21.2 Å². The molecule has 0 saturated heterocycles. The third-order valence-electron chi connectivity index (χ3n) is 3.07. The minimum atomic E-state index is 0.275. The van der Waals surface area contributed by atoms with E-state index in [1.165, 1.54) is 11.8 Å². The third kappa shape index (κ3) is 2.13. The molecule has 2 N–H and O–H groups in total. The van der Waals surface area contributed by atoms with Crippen LogP contribution in [0.1, 0.15) is 11.3 Å². The van der Waals surface area contributed by atoms with Crippen LogP contribution in [0.3, 0.4) is 0 Å². The van der Waals surface area contributed by atoms with Crippen molar-refractivity contribution in [3.63, 3.8) is 0 Å². The van der Waals surface area contributed by atoms with Crippen LogP contribution >= 0.6 is 35.6 Å². The fourth-order valence-electron chi connectivity index (χ4n) is 2.20. The Hall–Kier alpha value is -1.37. The Labute approximate surface area is 131 Å². The zero-order chi connectivity index (χ0) is 14.3. The number of nitrogens with two attached hydrogens (primary N) is 1. The highest BCUT2D eigenvalue weighted by atomic mass is 35.5. The van der Waals surface area contributed by atoms with Crippen molar-refractivity contribution in [2.45, 2.75) is 11.6 Å². The standard InChI is InChI=1S/C13H11ClN4S2/c1-20-11-10-8(16-13(15)17-11)6-18(12(10)19)9-5-3-2-4-7(9)14/h2-5H,6H2,1H3,(H2,15,16,17). The third-order valence-corrected chi connectivity index (χ3v) is 4.50. The maximum atomic E-state index is 6.25. The van der Waals surface area contributed by atoms with E-state index in [9.17, 15) is 0 Å². The molecule has 0 radical (unpaired) electrons. The maximum Gasteiger partial charge on any atom is 0.221 e. The summed E-state index contributed by atoms with van der Waals surface area (Å²) in [6.45, 7) is 0.568. The quantitative estimate of drug-likeness (QED) is 0.521. The first kappa shape index (κ1) is 13.6. The van der Waals surface area contributed by atoms with Gasteiger partial charge in [-0.2, -0.15) is 0 Å². The van der Waals surface area contributed by atoms with Crippen molar-refractivity contribution in [3.05, 3.63) is 40.5 Å². The molecule has 0 amide bonds. The zero-order valence-electron chi connectivity index (χ0n) is 10.6. The molecule has 1 aromatic carbocycles. The van der Waals surface area contributed by atoms with Crippen LogP contribution in [0.5, 0.6) is 0 Å². The first-order valence-electron chi connectivity index (χ1n) is 5.88. The van der Waals surface area contributed by atoms with Gasteiger partial charge in [0.2, 0.25) is 5.95 Å². The van der Waals surface area contributed by atoms with Gasteiger partial charge in [0.15, 0.2) is 0 Å². The Balaban J connectivity index is 2.10. The molecule has 0 aliphatic carbocycles. The summed E-state index contributed by atoms with van der Waals surface area (Å²) in [6, 6.07) is 7.61. The molecule has 2 heterocycles. The number of aromatic nitrogens is 2. The number of thioether (sulfide) groups is 1. The van der Waals surface area contributed by atoms with Gasteiger partial charge in [-0.3, -0.25) is 0 Å². The van der Waals surface area contributed by atoms with Gasteiger partial charge in [-0.25, -0.2) is 9.97 Å². The lowest BCUT2D eigenvalue weighted by Gasteiger charge is -2.19. The second kappa shape index (κ2) is 5.20. The molecule has 0 atom stereocenters. The fraction of sp³-hybridized carbons (Fsp3) is 0.154. The van der Waals surface area contributed by atoms with Crippen molar-refractivity contribution < 1.29 is 0 Å². The number of thiocarbonyl (C=S) groups is 1. The summed E-state index contributed by atoms with van der Waals surface area (Å²) in [5.74, 6) is 0.275. The highest BCUT2D eigenvalue weighted by Crippen LogP contribution is 2.36. The van der Waals surface area contributed by atoms with E-state index in [0.29, 0.717) is 16.6 Å². The Morgan fingerprint density at radius 1 is 1.35 bits per heavy atom. The predicted molar refractivity (Wildman–Crippen MR) is 87.6 cm³/mol. The van der Waals surface area contributed by atoms with Crippen molar-refractivity contribution in [3.8, 4) is 0 Å². The Kier molecular flexibility index (Phi) is 3.54. The minimum absolute atomic E-state index is 0.275. The van der Waals surface area contributed by atoms with E-state index in [4.69, 9.17) is 29.6 Å². The van der Waals surface area contributed by atoms with E-state index in [1.54, 1.807) is 0 Å². The van der Waals surface area contributed by atoms with E-state index in [0.717, 1.165) is 22.0 Å². The topological polar surface area (TPSA) is 55.0 Å². The molecule has 102 valence electrons.